The van der Waals surface area contributed by atoms with Gasteiger partial charge in [0.05, 0.1) is 24.6 Å². The van der Waals surface area contributed by atoms with E-state index in [4.69, 9.17) is 10.5 Å². The molecule has 22 heavy (non-hydrogen) atoms. The van der Waals surface area contributed by atoms with Crippen LogP contribution in [0.25, 0.3) is 10.9 Å². The van der Waals surface area contributed by atoms with Crippen molar-refractivity contribution in [3.05, 3.63) is 53.6 Å². The first-order chi connectivity index (χ1) is 10.8. The van der Waals surface area contributed by atoms with Gasteiger partial charge in [-0.25, -0.2) is 0 Å². The van der Waals surface area contributed by atoms with Crippen molar-refractivity contribution in [1.29, 1.82) is 0 Å². The third-order valence-corrected chi connectivity index (χ3v) is 3.76. The fourth-order valence-corrected chi connectivity index (χ4v) is 2.69. The number of nitrogens with one attached hydrogen (secondary N) is 1. The van der Waals surface area contributed by atoms with Crippen LogP contribution >= 0.6 is 0 Å². The van der Waals surface area contributed by atoms with Crippen molar-refractivity contribution in [2.24, 2.45) is 5.73 Å². The molecule has 2 aromatic carbocycles. The Labute approximate surface area is 129 Å². The molecule has 0 aliphatic carbocycles. The van der Waals surface area contributed by atoms with Crippen LogP contribution in [0.15, 0.2) is 42.5 Å². The molecule has 0 saturated carbocycles. The predicted octanol–water partition coefficient (Wildman–Crippen LogP) is 2.59. The number of hydrogen-bond donors (Lipinski definition) is 2. The van der Waals surface area contributed by atoms with Gasteiger partial charge < -0.3 is 15.8 Å². The topological polar surface area (TPSA) is 65.1 Å². The van der Waals surface area contributed by atoms with Crippen LogP contribution in [-0.4, -0.2) is 23.9 Å². The minimum absolute atomic E-state index is 0.545. The fraction of sp³-hybridized carbons (Fsp3) is 0.235. The number of fused-ring (bicyclic) bond motifs is 1. The van der Waals surface area contributed by atoms with E-state index in [0.717, 1.165) is 28.0 Å². The van der Waals surface area contributed by atoms with Gasteiger partial charge in [0.15, 0.2) is 5.82 Å². The largest absolute Gasteiger partial charge is 0.496 e. The van der Waals surface area contributed by atoms with Crippen molar-refractivity contribution in [2.75, 3.05) is 19.5 Å². The van der Waals surface area contributed by atoms with Crippen molar-refractivity contribution in [3.8, 4) is 5.75 Å². The van der Waals surface area contributed by atoms with Gasteiger partial charge in [0, 0.05) is 13.6 Å². The summed E-state index contributed by atoms with van der Waals surface area (Å²) >= 11 is 0. The summed E-state index contributed by atoms with van der Waals surface area (Å²) in [6.45, 7) is 1.24. The Morgan fingerprint density at radius 1 is 1.18 bits per heavy atom. The Morgan fingerprint density at radius 3 is 2.68 bits per heavy atom. The second kappa shape index (κ2) is 6.07. The highest BCUT2D eigenvalue weighted by Gasteiger charge is 2.14. The number of methoxy groups -OCH3 is 1. The van der Waals surface area contributed by atoms with Crippen molar-refractivity contribution in [1.82, 2.24) is 9.78 Å². The number of rotatable bonds is 5. The van der Waals surface area contributed by atoms with E-state index in [0.29, 0.717) is 13.1 Å². The van der Waals surface area contributed by atoms with Crippen LogP contribution in [0.5, 0.6) is 5.75 Å². The second-order valence-corrected chi connectivity index (χ2v) is 5.13. The van der Waals surface area contributed by atoms with E-state index in [2.05, 4.69) is 28.6 Å². The lowest BCUT2D eigenvalue weighted by atomic mass is 10.1. The van der Waals surface area contributed by atoms with E-state index in [-0.39, 0.29) is 0 Å². The molecule has 0 spiro atoms. The van der Waals surface area contributed by atoms with Gasteiger partial charge in [-0.15, -0.1) is 0 Å². The van der Waals surface area contributed by atoms with Crippen LogP contribution in [-0.2, 0) is 13.1 Å². The van der Waals surface area contributed by atoms with E-state index in [1.807, 2.05) is 36.0 Å². The molecule has 0 aliphatic heterocycles. The standard InChI is InChI=1S/C17H20N4O/c1-19-17-16-14(7-4-8-15(16)22-2)21(20-17)11-13-6-3-5-12(9-13)10-18/h3-9H,10-11,18H2,1-2H3,(H,19,20). The SMILES string of the molecule is CNc1nn(Cc2cccc(CN)c2)c2cccc(OC)c12. The van der Waals surface area contributed by atoms with E-state index in [1.54, 1.807) is 7.11 Å². The van der Waals surface area contributed by atoms with Crippen LogP contribution < -0.4 is 15.8 Å². The molecule has 3 N–H and O–H groups in total. The summed E-state index contributed by atoms with van der Waals surface area (Å²) in [6, 6.07) is 14.3. The zero-order chi connectivity index (χ0) is 15.5. The number of nitrogens with two attached hydrogens (primary N) is 1. The van der Waals surface area contributed by atoms with Crippen molar-refractivity contribution in [3.63, 3.8) is 0 Å². The van der Waals surface area contributed by atoms with Crippen LogP contribution in [0.1, 0.15) is 11.1 Å². The average Bonchev–Trinajstić information content (AvgIpc) is 2.93. The molecule has 5 heteroatoms. The molecule has 0 aliphatic rings. The summed E-state index contributed by atoms with van der Waals surface area (Å²) in [5, 5.41) is 8.81. The highest BCUT2D eigenvalue weighted by atomic mass is 16.5. The second-order valence-electron chi connectivity index (χ2n) is 5.13. The molecule has 0 amide bonds. The van der Waals surface area contributed by atoms with Crippen LogP contribution in [0.4, 0.5) is 5.82 Å². The predicted molar refractivity (Wildman–Crippen MR) is 89.3 cm³/mol. The third-order valence-electron chi connectivity index (χ3n) is 3.76. The molecule has 0 radical (unpaired) electrons. The quantitative estimate of drug-likeness (QED) is 0.759. The van der Waals surface area contributed by atoms with Crippen LogP contribution in [0.3, 0.4) is 0 Å². The zero-order valence-corrected chi connectivity index (χ0v) is 12.8. The monoisotopic (exact) mass is 296 g/mol. The Kier molecular flexibility index (Phi) is 3.98. The van der Waals surface area contributed by atoms with Gasteiger partial charge >= 0.3 is 0 Å². The van der Waals surface area contributed by atoms with Crippen molar-refractivity contribution < 1.29 is 4.74 Å². The molecule has 0 unspecified atom stereocenters. The first-order valence-corrected chi connectivity index (χ1v) is 7.26. The minimum Gasteiger partial charge on any atom is -0.496 e. The van der Waals surface area contributed by atoms with E-state index in [1.165, 1.54) is 5.56 Å². The number of benzene rings is 2. The van der Waals surface area contributed by atoms with Gasteiger partial charge in [-0.3, -0.25) is 4.68 Å². The lowest BCUT2D eigenvalue weighted by Crippen LogP contribution is -2.04. The van der Waals surface area contributed by atoms with Gasteiger partial charge in [-0.1, -0.05) is 30.3 Å². The Balaban J connectivity index is 2.07. The summed E-state index contributed by atoms with van der Waals surface area (Å²) in [6.07, 6.45) is 0. The Morgan fingerprint density at radius 2 is 1.95 bits per heavy atom. The molecule has 0 saturated heterocycles. The third kappa shape index (κ3) is 2.51. The van der Waals surface area contributed by atoms with E-state index in [9.17, 15) is 0 Å². The molecule has 5 nitrogen and oxygen atoms in total. The highest BCUT2D eigenvalue weighted by molar-refractivity contribution is 5.95. The summed E-state index contributed by atoms with van der Waals surface area (Å²) in [4.78, 5) is 0. The van der Waals surface area contributed by atoms with Gasteiger partial charge in [0.1, 0.15) is 5.75 Å². The number of ether oxygens (including phenoxy) is 1. The van der Waals surface area contributed by atoms with Gasteiger partial charge in [0.25, 0.3) is 0 Å². The first kappa shape index (κ1) is 14.4. The number of nitrogens with zero attached hydrogens (tertiary/aromatic N) is 2. The smallest absolute Gasteiger partial charge is 0.159 e. The van der Waals surface area contributed by atoms with Crippen molar-refractivity contribution >= 4 is 16.7 Å². The maximum atomic E-state index is 5.72. The number of hydrogen-bond acceptors (Lipinski definition) is 4. The number of aromatic nitrogens is 2. The maximum Gasteiger partial charge on any atom is 0.159 e. The molecule has 0 atom stereocenters. The lowest BCUT2D eigenvalue weighted by Gasteiger charge is -2.06. The van der Waals surface area contributed by atoms with E-state index >= 15 is 0 Å². The fourth-order valence-electron chi connectivity index (χ4n) is 2.69. The summed E-state index contributed by atoms with van der Waals surface area (Å²) < 4.78 is 7.45. The zero-order valence-electron chi connectivity index (χ0n) is 12.8. The summed E-state index contributed by atoms with van der Waals surface area (Å²) in [5.74, 6) is 1.64. The van der Waals surface area contributed by atoms with Gasteiger partial charge in [0.2, 0.25) is 0 Å². The number of anilines is 1. The molecule has 1 aromatic heterocycles. The van der Waals surface area contributed by atoms with Crippen LogP contribution in [0, 0.1) is 0 Å². The molecular weight excluding hydrogens is 276 g/mol. The first-order valence-electron chi connectivity index (χ1n) is 7.26. The molecule has 0 fully saturated rings. The van der Waals surface area contributed by atoms with Gasteiger partial charge in [-0.05, 0) is 23.3 Å². The molecule has 3 aromatic rings. The van der Waals surface area contributed by atoms with Gasteiger partial charge in [-0.2, -0.15) is 5.10 Å². The summed E-state index contributed by atoms with van der Waals surface area (Å²) in [7, 11) is 3.55. The molecule has 114 valence electrons. The van der Waals surface area contributed by atoms with Crippen LogP contribution in [0.2, 0.25) is 0 Å². The molecule has 0 bridgehead atoms. The van der Waals surface area contributed by atoms with Crippen molar-refractivity contribution in [2.45, 2.75) is 13.1 Å². The molecule has 1 heterocycles. The highest BCUT2D eigenvalue weighted by Crippen LogP contribution is 2.32. The molecule has 3 rings (SSSR count). The summed E-state index contributed by atoms with van der Waals surface area (Å²) in [5.41, 5.74) is 9.06. The van der Waals surface area contributed by atoms with E-state index < -0.39 is 0 Å². The maximum absolute atomic E-state index is 5.72. The normalized spacial score (nSPS) is 10.9. The lowest BCUT2D eigenvalue weighted by molar-refractivity contribution is 0.420. The minimum atomic E-state index is 0.545. The average molecular weight is 296 g/mol. The molecular formula is C17H20N4O. The Bertz CT molecular complexity index is 794. The Hall–Kier alpha value is -2.53.